The molecule has 3 rings (SSSR count). The van der Waals surface area contributed by atoms with Crippen molar-refractivity contribution in [3.8, 4) is 0 Å². The van der Waals surface area contributed by atoms with Gasteiger partial charge >= 0.3 is 0 Å². The highest BCUT2D eigenvalue weighted by Crippen LogP contribution is 2.23. The normalized spacial score (nSPS) is 17.8. The van der Waals surface area contributed by atoms with Gasteiger partial charge in [0, 0.05) is 12.1 Å². The Morgan fingerprint density at radius 2 is 1.96 bits per heavy atom. The van der Waals surface area contributed by atoms with Gasteiger partial charge in [0.15, 0.2) is 0 Å². The summed E-state index contributed by atoms with van der Waals surface area (Å²) in [4.78, 5) is 12.7. The van der Waals surface area contributed by atoms with E-state index in [1.807, 2.05) is 30.3 Å². The van der Waals surface area contributed by atoms with Crippen molar-refractivity contribution in [3.05, 3.63) is 69.9 Å². The van der Waals surface area contributed by atoms with Crippen molar-refractivity contribution in [2.75, 3.05) is 6.54 Å². The van der Waals surface area contributed by atoms with Crippen molar-refractivity contribution in [2.24, 2.45) is 5.10 Å². The van der Waals surface area contributed by atoms with E-state index >= 15 is 0 Å². The van der Waals surface area contributed by atoms with E-state index in [-0.39, 0.29) is 15.2 Å². The number of carbonyl (C=O) groups is 1. The van der Waals surface area contributed by atoms with Crippen molar-refractivity contribution >= 4 is 43.5 Å². The lowest BCUT2D eigenvalue weighted by Gasteiger charge is -2.27. The van der Waals surface area contributed by atoms with Crippen LogP contribution in [0.2, 0.25) is 0 Å². The Balaban J connectivity index is 1.91. The summed E-state index contributed by atoms with van der Waals surface area (Å²) >= 11 is 6.73. The molecule has 118 valence electrons. The number of hydrazone groups is 1. The van der Waals surface area contributed by atoms with Crippen LogP contribution in [0.5, 0.6) is 0 Å². The van der Waals surface area contributed by atoms with Crippen LogP contribution in [-0.4, -0.2) is 28.0 Å². The summed E-state index contributed by atoms with van der Waals surface area (Å²) in [5.74, 6) is -0.632. The number of nitrogens with zero attached hydrogens (tertiary/aromatic N) is 2. The van der Waals surface area contributed by atoms with E-state index in [1.54, 1.807) is 0 Å². The summed E-state index contributed by atoms with van der Waals surface area (Å²) in [6.45, 7) is 0.514. The molecule has 1 aliphatic rings. The van der Waals surface area contributed by atoms with Crippen LogP contribution in [0.1, 0.15) is 22.3 Å². The summed E-state index contributed by atoms with van der Waals surface area (Å²) in [6, 6.07) is 14.0. The second-order valence-electron chi connectivity index (χ2n) is 5.16. The third-order valence-corrected chi connectivity index (χ3v) is 5.09. The molecule has 0 spiro atoms. The van der Waals surface area contributed by atoms with Gasteiger partial charge in [-0.2, -0.15) is 5.10 Å². The summed E-state index contributed by atoms with van der Waals surface area (Å²) in [7, 11) is 0. The fraction of sp³-hybridized carbons (Fsp3) is 0.176. The third-order valence-electron chi connectivity index (χ3n) is 3.59. The number of rotatable bonds is 2. The minimum Gasteiger partial charge on any atom is -0.267 e. The van der Waals surface area contributed by atoms with Gasteiger partial charge in [0.2, 0.25) is 0 Å². The minimum atomic E-state index is -0.394. The molecule has 0 aliphatic carbocycles. The van der Waals surface area contributed by atoms with Gasteiger partial charge in [-0.25, -0.2) is 9.40 Å². The second kappa shape index (κ2) is 6.93. The zero-order valence-electron chi connectivity index (χ0n) is 12.0. The van der Waals surface area contributed by atoms with Crippen LogP contribution >= 0.6 is 31.9 Å². The van der Waals surface area contributed by atoms with Gasteiger partial charge in [-0.15, -0.1) is 0 Å². The standard InChI is InChI=1S/C17H13Br2FN2O/c18-13-8-9-22(21-16(13)11-4-2-1-3-5-11)17(23)12-6-7-15(20)14(19)10-12/h1-7,10,13H,8-9H2. The molecule has 23 heavy (non-hydrogen) atoms. The first kappa shape index (κ1) is 16.3. The fourth-order valence-corrected chi connectivity index (χ4v) is 3.33. The number of halogens is 3. The average Bonchev–Trinajstić information content (AvgIpc) is 2.58. The molecule has 0 bridgehead atoms. The van der Waals surface area contributed by atoms with Crippen LogP contribution in [0.15, 0.2) is 58.1 Å². The Labute approximate surface area is 150 Å². The van der Waals surface area contributed by atoms with Crippen LogP contribution in [0.4, 0.5) is 4.39 Å². The zero-order valence-corrected chi connectivity index (χ0v) is 15.2. The van der Waals surface area contributed by atoms with Gasteiger partial charge in [-0.3, -0.25) is 4.79 Å². The maximum atomic E-state index is 13.3. The lowest BCUT2D eigenvalue weighted by Crippen LogP contribution is -2.36. The van der Waals surface area contributed by atoms with Gasteiger partial charge in [-0.1, -0.05) is 46.3 Å². The van der Waals surface area contributed by atoms with E-state index in [0.29, 0.717) is 12.1 Å². The lowest BCUT2D eigenvalue weighted by molar-refractivity contribution is 0.0753. The van der Waals surface area contributed by atoms with Gasteiger partial charge in [0.05, 0.1) is 15.0 Å². The second-order valence-corrected chi connectivity index (χ2v) is 7.12. The molecule has 0 fully saturated rings. The molecule has 1 aliphatic heterocycles. The molecule has 0 saturated carbocycles. The minimum absolute atomic E-state index is 0.105. The first-order valence-electron chi connectivity index (χ1n) is 7.11. The van der Waals surface area contributed by atoms with Crippen LogP contribution in [0.3, 0.4) is 0 Å². The van der Waals surface area contributed by atoms with E-state index in [4.69, 9.17) is 0 Å². The number of alkyl halides is 1. The maximum absolute atomic E-state index is 13.3. The van der Waals surface area contributed by atoms with Crippen molar-refractivity contribution < 1.29 is 9.18 Å². The Bertz CT molecular complexity index is 764. The predicted molar refractivity (Wildman–Crippen MR) is 95.4 cm³/mol. The highest BCUT2D eigenvalue weighted by atomic mass is 79.9. The van der Waals surface area contributed by atoms with E-state index in [9.17, 15) is 9.18 Å². The molecular weight excluding hydrogens is 427 g/mol. The zero-order chi connectivity index (χ0) is 16.4. The molecular formula is C17H13Br2FN2O. The molecule has 0 N–H and O–H groups in total. The molecule has 1 amide bonds. The SMILES string of the molecule is O=C(c1ccc(F)c(Br)c1)N1CCC(Br)C(c2ccccc2)=N1. The molecule has 0 aromatic heterocycles. The smallest absolute Gasteiger partial charge is 0.267 e. The fourth-order valence-electron chi connectivity index (χ4n) is 2.39. The van der Waals surface area contributed by atoms with Crippen LogP contribution in [-0.2, 0) is 0 Å². The third kappa shape index (κ3) is 3.53. The van der Waals surface area contributed by atoms with Crippen molar-refractivity contribution in [3.63, 3.8) is 0 Å². The highest BCUT2D eigenvalue weighted by molar-refractivity contribution is 9.10. The first-order chi connectivity index (χ1) is 11.1. The summed E-state index contributed by atoms with van der Waals surface area (Å²) < 4.78 is 13.6. The van der Waals surface area contributed by atoms with Crippen LogP contribution in [0.25, 0.3) is 0 Å². The summed E-state index contributed by atoms with van der Waals surface area (Å²) in [5, 5.41) is 5.95. The quantitative estimate of drug-likeness (QED) is 0.629. The van der Waals surface area contributed by atoms with E-state index in [0.717, 1.165) is 17.7 Å². The predicted octanol–water partition coefficient (Wildman–Crippen LogP) is 4.60. The maximum Gasteiger partial charge on any atom is 0.274 e. The van der Waals surface area contributed by atoms with E-state index < -0.39 is 5.82 Å². The molecule has 1 heterocycles. The molecule has 2 aromatic rings. The number of hydrogen-bond acceptors (Lipinski definition) is 2. The molecule has 2 aromatic carbocycles. The van der Waals surface area contributed by atoms with E-state index in [2.05, 4.69) is 37.0 Å². The van der Waals surface area contributed by atoms with Crippen molar-refractivity contribution in [1.82, 2.24) is 5.01 Å². The highest BCUT2D eigenvalue weighted by Gasteiger charge is 2.26. The van der Waals surface area contributed by atoms with E-state index in [1.165, 1.54) is 23.2 Å². The van der Waals surface area contributed by atoms with Crippen molar-refractivity contribution in [1.29, 1.82) is 0 Å². The Morgan fingerprint density at radius 1 is 1.22 bits per heavy atom. The summed E-state index contributed by atoms with van der Waals surface area (Å²) in [6.07, 6.45) is 0.766. The number of carbonyl (C=O) groups excluding carboxylic acids is 1. The number of hydrogen-bond donors (Lipinski definition) is 0. The molecule has 0 radical (unpaired) electrons. The van der Waals surface area contributed by atoms with Gasteiger partial charge in [0.1, 0.15) is 5.82 Å². The Morgan fingerprint density at radius 3 is 2.65 bits per heavy atom. The largest absolute Gasteiger partial charge is 0.274 e. The van der Waals surface area contributed by atoms with Gasteiger partial charge in [0.25, 0.3) is 5.91 Å². The van der Waals surface area contributed by atoms with Crippen molar-refractivity contribution in [2.45, 2.75) is 11.2 Å². The molecule has 6 heteroatoms. The average molecular weight is 440 g/mol. The van der Waals surface area contributed by atoms with Crippen LogP contribution in [0, 0.1) is 5.82 Å². The molecule has 1 unspecified atom stereocenters. The molecule has 1 atom stereocenters. The monoisotopic (exact) mass is 438 g/mol. The first-order valence-corrected chi connectivity index (χ1v) is 8.82. The topological polar surface area (TPSA) is 32.7 Å². The molecule has 3 nitrogen and oxygen atoms in total. The lowest BCUT2D eigenvalue weighted by atomic mass is 10.0. The van der Waals surface area contributed by atoms with Crippen LogP contribution < -0.4 is 0 Å². The molecule has 0 saturated heterocycles. The number of amides is 1. The number of benzene rings is 2. The Kier molecular flexibility index (Phi) is 4.92. The summed E-state index contributed by atoms with van der Waals surface area (Å²) in [5.41, 5.74) is 2.21. The van der Waals surface area contributed by atoms with Gasteiger partial charge < -0.3 is 0 Å². The Hall–Kier alpha value is -1.53. The van der Waals surface area contributed by atoms with Gasteiger partial charge in [-0.05, 0) is 46.1 Å².